The van der Waals surface area contributed by atoms with Crippen LogP contribution in [0.3, 0.4) is 0 Å². The van der Waals surface area contributed by atoms with Crippen molar-refractivity contribution < 1.29 is 17.9 Å². The summed E-state index contributed by atoms with van der Waals surface area (Å²) in [5.74, 6) is -0.103. The largest absolute Gasteiger partial charge is 0.364 e. The molecule has 1 aliphatic heterocycles. The molecule has 2 rings (SSSR count). The Kier molecular flexibility index (Phi) is 6.15. The number of amides is 1. The Bertz CT molecular complexity index is 618. The van der Waals surface area contributed by atoms with E-state index in [0.717, 1.165) is 5.56 Å². The highest BCUT2D eigenvalue weighted by atomic mass is 32.2. The highest BCUT2D eigenvalue weighted by Gasteiger charge is 2.29. The zero-order chi connectivity index (χ0) is 16.9. The minimum Gasteiger partial charge on any atom is -0.364 e. The summed E-state index contributed by atoms with van der Waals surface area (Å²) in [4.78, 5) is 14.5. The lowest BCUT2D eigenvalue weighted by atomic mass is 10.1. The van der Waals surface area contributed by atoms with Gasteiger partial charge in [-0.2, -0.15) is 0 Å². The molecule has 23 heavy (non-hydrogen) atoms. The first kappa shape index (κ1) is 17.9. The smallest absolute Gasteiger partial charge is 0.256 e. The number of sulfonamides is 1. The summed E-state index contributed by atoms with van der Waals surface area (Å²) in [5.41, 5.74) is 0.823. The molecule has 0 aromatic heterocycles. The highest BCUT2D eigenvalue weighted by molar-refractivity contribution is 7.88. The van der Waals surface area contributed by atoms with E-state index < -0.39 is 16.1 Å². The molecule has 0 saturated carbocycles. The topological polar surface area (TPSA) is 66.9 Å². The number of ether oxygens (including phenoxy) is 1. The second-order valence-electron chi connectivity index (χ2n) is 5.59. The summed E-state index contributed by atoms with van der Waals surface area (Å²) in [5, 5.41) is 0. The van der Waals surface area contributed by atoms with Crippen LogP contribution in [0.25, 0.3) is 0 Å². The number of hydrogen-bond donors (Lipinski definition) is 0. The molecular formula is C16H24N2O4S. The number of carbonyl (C=O) groups excluding carboxylic acids is 1. The van der Waals surface area contributed by atoms with Crippen molar-refractivity contribution in [1.29, 1.82) is 0 Å². The number of rotatable bonds is 5. The molecule has 128 valence electrons. The van der Waals surface area contributed by atoms with Crippen molar-refractivity contribution in [1.82, 2.24) is 9.21 Å². The maximum atomic E-state index is 12.8. The van der Waals surface area contributed by atoms with Crippen LogP contribution in [0.15, 0.2) is 30.3 Å². The Labute approximate surface area is 138 Å². The minimum atomic E-state index is -3.22. The summed E-state index contributed by atoms with van der Waals surface area (Å²) >= 11 is 0. The Morgan fingerprint density at radius 3 is 2.48 bits per heavy atom. The molecule has 1 atom stereocenters. The van der Waals surface area contributed by atoms with Crippen molar-refractivity contribution >= 4 is 15.9 Å². The average Bonchev–Trinajstić information content (AvgIpc) is 2.78. The summed E-state index contributed by atoms with van der Waals surface area (Å²) in [6.45, 7) is 4.01. The maximum absolute atomic E-state index is 12.8. The van der Waals surface area contributed by atoms with Gasteiger partial charge in [-0.25, -0.2) is 12.7 Å². The predicted molar refractivity (Wildman–Crippen MR) is 88.4 cm³/mol. The van der Waals surface area contributed by atoms with Gasteiger partial charge in [0.2, 0.25) is 10.0 Å². The van der Waals surface area contributed by atoms with Gasteiger partial charge in [0.15, 0.2) is 6.10 Å². The Balaban J connectivity index is 2.11. The third-order valence-electron chi connectivity index (χ3n) is 3.90. The molecule has 1 amide bonds. The Morgan fingerprint density at radius 2 is 1.87 bits per heavy atom. The van der Waals surface area contributed by atoms with Crippen LogP contribution < -0.4 is 0 Å². The first-order valence-corrected chi connectivity index (χ1v) is 9.68. The molecule has 1 aromatic carbocycles. The van der Waals surface area contributed by atoms with Gasteiger partial charge in [0.25, 0.3) is 5.91 Å². The lowest BCUT2D eigenvalue weighted by Crippen LogP contribution is -2.39. The van der Waals surface area contributed by atoms with Crippen LogP contribution in [0.5, 0.6) is 0 Å². The fourth-order valence-electron chi connectivity index (χ4n) is 2.72. The van der Waals surface area contributed by atoms with Gasteiger partial charge in [0.1, 0.15) is 0 Å². The summed E-state index contributed by atoms with van der Waals surface area (Å²) in [7, 11) is -3.22. The molecule has 1 unspecified atom stereocenters. The van der Waals surface area contributed by atoms with Gasteiger partial charge in [-0.1, -0.05) is 30.3 Å². The third kappa shape index (κ3) is 4.76. The molecule has 0 spiro atoms. The van der Waals surface area contributed by atoms with Crippen LogP contribution in [-0.4, -0.2) is 62.6 Å². The van der Waals surface area contributed by atoms with E-state index in [0.29, 0.717) is 39.2 Å². The molecule has 1 saturated heterocycles. The van der Waals surface area contributed by atoms with Crippen LogP contribution in [0.4, 0.5) is 0 Å². The third-order valence-corrected chi connectivity index (χ3v) is 5.20. The molecule has 6 nitrogen and oxygen atoms in total. The van der Waals surface area contributed by atoms with E-state index in [9.17, 15) is 13.2 Å². The van der Waals surface area contributed by atoms with Crippen LogP contribution in [0.1, 0.15) is 25.0 Å². The van der Waals surface area contributed by atoms with E-state index in [4.69, 9.17) is 4.74 Å². The van der Waals surface area contributed by atoms with Gasteiger partial charge in [-0.15, -0.1) is 0 Å². The van der Waals surface area contributed by atoms with Crippen molar-refractivity contribution in [3.8, 4) is 0 Å². The molecule has 0 aliphatic carbocycles. The van der Waals surface area contributed by atoms with Crippen molar-refractivity contribution in [3.63, 3.8) is 0 Å². The number of nitrogens with zero attached hydrogens (tertiary/aromatic N) is 2. The summed E-state index contributed by atoms with van der Waals surface area (Å²) < 4.78 is 30.4. The average molecular weight is 340 g/mol. The Morgan fingerprint density at radius 1 is 1.17 bits per heavy atom. The van der Waals surface area contributed by atoms with Crippen LogP contribution in [0, 0.1) is 0 Å². The van der Waals surface area contributed by atoms with Gasteiger partial charge >= 0.3 is 0 Å². The monoisotopic (exact) mass is 340 g/mol. The number of hydrogen-bond acceptors (Lipinski definition) is 4. The van der Waals surface area contributed by atoms with Gasteiger partial charge in [0, 0.05) is 32.8 Å². The second kappa shape index (κ2) is 7.90. The van der Waals surface area contributed by atoms with Crippen LogP contribution in [-0.2, 0) is 19.6 Å². The zero-order valence-electron chi connectivity index (χ0n) is 13.6. The first-order valence-electron chi connectivity index (χ1n) is 7.84. The number of carbonyl (C=O) groups is 1. The van der Waals surface area contributed by atoms with Gasteiger partial charge < -0.3 is 9.64 Å². The van der Waals surface area contributed by atoms with Crippen molar-refractivity contribution in [3.05, 3.63) is 35.9 Å². The Hall–Kier alpha value is -1.44. The van der Waals surface area contributed by atoms with Crippen molar-refractivity contribution in [2.24, 2.45) is 0 Å². The van der Waals surface area contributed by atoms with E-state index in [1.807, 2.05) is 37.3 Å². The predicted octanol–water partition coefficient (Wildman–Crippen LogP) is 1.26. The lowest BCUT2D eigenvalue weighted by molar-refractivity contribution is -0.143. The van der Waals surface area contributed by atoms with Crippen molar-refractivity contribution in [2.45, 2.75) is 19.4 Å². The fraction of sp³-hybridized carbons (Fsp3) is 0.562. The lowest BCUT2D eigenvalue weighted by Gasteiger charge is -2.26. The van der Waals surface area contributed by atoms with Gasteiger partial charge in [0.05, 0.1) is 6.26 Å². The van der Waals surface area contributed by atoms with Gasteiger partial charge in [-0.05, 0) is 18.9 Å². The molecule has 0 radical (unpaired) electrons. The maximum Gasteiger partial charge on any atom is 0.256 e. The second-order valence-corrected chi connectivity index (χ2v) is 7.57. The van der Waals surface area contributed by atoms with E-state index in [-0.39, 0.29) is 5.91 Å². The normalized spacial score (nSPS) is 18.4. The molecule has 0 bridgehead atoms. The molecule has 1 fully saturated rings. The summed E-state index contributed by atoms with van der Waals surface area (Å²) in [6.07, 6.45) is 1.20. The van der Waals surface area contributed by atoms with Crippen molar-refractivity contribution in [2.75, 3.05) is 39.0 Å². The van der Waals surface area contributed by atoms with Crippen LogP contribution in [0.2, 0.25) is 0 Å². The van der Waals surface area contributed by atoms with Crippen LogP contribution >= 0.6 is 0 Å². The molecule has 0 N–H and O–H groups in total. The zero-order valence-corrected chi connectivity index (χ0v) is 14.5. The highest BCUT2D eigenvalue weighted by Crippen LogP contribution is 2.21. The SMILES string of the molecule is CCOC(C(=O)N1CCCN(S(C)(=O)=O)CC1)c1ccccc1. The minimum absolute atomic E-state index is 0.103. The fourth-order valence-corrected chi connectivity index (χ4v) is 3.59. The molecule has 1 aliphatic rings. The molecule has 1 heterocycles. The van der Waals surface area contributed by atoms with Gasteiger partial charge in [-0.3, -0.25) is 4.79 Å². The van der Waals surface area contributed by atoms with E-state index >= 15 is 0 Å². The molecular weight excluding hydrogens is 316 g/mol. The van der Waals surface area contributed by atoms with E-state index in [1.54, 1.807) is 4.90 Å². The molecule has 7 heteroatoms. The van der Waals surface area contributed by atoms with E-state index in [1.165, 1.54) is 10.6 Å². The molecule has 1 aromatic rings. The summed E-state index contributed by atoms with van der Waals surface area (Å²) in [6, 6.07) is 9.40. The standard InChI is InChI=1S/C16H24N2O4S/c1-3-22-15(14-8-5-4-6-9-14)16(19)17-10-7-11-18(13-12-17)23(2,20)21/h4-6,8-9,15H,3,7,10-13H2,1-2H3. The number of benzene rings is 1. The first-order chi connectivity index (χ1) is 10.9. The quantitative estimate of drug-likeness (QED) is 0.809. The van der Waals surface area contributed by atoms with E-state index in [2.05, 4.69) is 0 Å².